The number of hydrogen-bond acceptors (Lipinski definition) is 3. The Hall–Kier alpha value is -2.27. The molecule has 2 aromatic carbocycles. The van der Waals surface area contributed by atoms with Crippen molar-refractivity contribution in [3.63, 3.8) is 0 Å². The Balaban J connectivity index is 1.64. The smallest absolute Gasteiger partial charge is 0.242 e. The Morgan fingerprint density at radius 3 is 2.10 bits per heavy atom. The molecule has 0 unspecified atom stereocenters. The number of hydrogen-bond donors (Lipinski definition) is 1. The van der Waals surface area contributed by atoms with Gasteiger partial charge in [0, 0.05) is 18.3 Å². The van der Waals surface area contributed by atoms with Gasteiger partial charge in [-0.3, -0.25) is 9.59 Å². The van der Waals surface area contributed by atoms with Crippen molar-refractivity contribution >= 4 is 23.6 Å². The van der Waals surface area contributed by atoms with Crippen LogP contribution in [-0.2, 0) is 21.9 Å². The average molecular weight is 439 g/mol. The maximum atomic E-state index is 13.2. The zero-order valence-corrected chi connectivity index (χ0v) is 19.7. The molecule has 31 heavy (non-hydrogen) atoms. The predicted molar refractivity (Wildman–Crippen MR) is 129 cm³/mol. The molecule has 0 bridgehead atoms. The Kier molecular flexibility index (Phi) is 8.59. The van der Waals surface area contributed by atoms with Gasteiger partial charge in [0.2, 0.25) is 11.8 Å². The summed E-state index contributed by atoms with van der Waals surface area (Å²) in [5.74, 6) is 1.11. The first-order chi connectivity index (χ1) is 14.9. The summed E-state index contributed by atoms with van der Waals surface area (Å²) in [5, 5.41) is 3.16. The van der Waals surface area contributed by atoms with Crippen LogP contribution >= 0.6 is 11.8 Å². The molecular weight excluding hydrogens is 404 g/mol. The molecule has 1 fully saturated rings. The van der Waals surface area contributed by atoms with Gasteiger partial charge in [0.25, 0.3) is 0 Å². The number of amides is 2. The lowest BCUT2D eigenvalue weighted by Crippen LogP contribution is -2.50. The Labute approximate surface area is 190 Å². The molecule has 166 valence electrons. The molecule has 1 aliphatic rings. The van der Waals surface area contributed by atoms with Gasteiger partial charge < -0.3 is 10.2 Å². The number of carbonyl (C=O) groups excluding carboxylic acids is 2. The van der Waals surface area contributed by atoms with Crippen molar-refractivity contribution in [2.75, 3.05) is 5.75 Å². The molecule has 1 N–H and O–H groups in total. The highest BCUT2D eigenvalue weighted by molar-refractivity contribution is 7.99. The average Bonchev–Trinajstić information content (AvgIpc) is 3.27. The second-order valence-electron chi connectivity index (χ2n) is 8.65. The van der Waals surface area contributed by atoms with Gasteiger partial charge in [-0.25, -0.2) is 0 Å². The van der Waals surface area contributed by atoms with Crippen LogP contribution < -0.4 is 5.32 Å². The van der Waals surface area contributed by atoms with Crippen LogP contribution in [0.5, 0.6) is 0 Å². The number of rotatable bonds is 9. The summed E-state index contributed by atoms with van der Waals surface area (Å²) in [7, 11) is 0. The van der Waals surface area contributed by atoms with E-state index in [2.05, 4.69) is 36.5 Å². The minimum absolute atomic E-state index is 0.00626. The largest absolute Gasteiger partial charge is 0.352 e. The Bertz CT molecular complexity index is 858. The minimum Gasteiger partial charge on any atom is -0.352 e. The lowest BCUT2D eigenvalue weighted by atomic mass is 10.1. The summed E-state index contributed by atoms with van der Waals surface area (Å²) >= 11 is 1.60. The monoisotopic (exact) mass is 438 g/mol. The van der Waals surface area contributed by atoms with Crippen molar-refractivity contribution in [1.29, 1.82) is 0 Å². The third-order valence-electron chi connectivity index (χ3n) is 5.96. The number of nitrogens with one attached hydrogen (secondary N) is 1. The van der Waals surface area contributed by atoms with Crippen molar-refractivity contribution in [3.8, 4) is 0 Å². The van der Waals surface area contributed by atoms with Crippen molar-refractivity contribution in [2.24, 2.45) is 0 Å². The molecule has 4 nitrogen and oxygen atoms in total. The van der Waals surface area contributed by atoms with Gasteiger partial charge in [0.05, 0.1) is 5.75 Å². The summed E-state index contributed by atoms with van der Waals surface area (Å²) in [6.45, 7) is 6.41. The van der Waals surface area contributed by atoms with Gasteiger partial charge in [-0.15, -0.1) is 11.8 Å². The van der Waals surface area contributed by atoms with Gasteiger partial charge in [-0.05, 0) is 44.7 Å². The van der Waals surface area contributed by atoms with Crippen molar-refractivity contribution < 1.29 is 9.59 Å². The topological polar surface area (TPSA) is 49.4 Å². The van der Waals surface area contributed by atoms with Gasteiger partial charge in [0.1, 0.15) is 6.04 Å². The summed E-state index contributed by atoms with van der Waals surface area (Å²) in [5.41, 5.74) is 4.67. The standard InChI is InChI=1S/C26H34N2O2S/c1-19-8-12-22(13-9-19)16-28(21(3)26(30)27-24-6-4-5-7-24)25(29)18-31-17-23-14-10-20(2)11-15-23/h8-15,21,24H,4-7,16-18H2,1-3H3,(H,27,30)/t21-/m1/s1. The van der Waals surface area contributed by atoms with E-state index in [0.29, 0.717) is 12.3 Å². The molecule has 0 radical (unpaired) electrons. The molecule has 2 amide bonds. The molecule has 3 rings (SSSR count). The lowest BCUT2D eigenvalue weighted by Gasteiger charge is -2.29. The lowest BCUT2D eigenvalue weighted by molar-refractivity contribution is -0.138. The quantitative estimate of drug-likeness (QED) is 0.598. The summed E-state index contributed by atoms with van der Waals surface area (Å²) in [6, 6.07) is 16.3. The Morgan fingerprint density at radius 1 is 0.968 bits per heavy atom. The van der Waals surface area contributed by atoms with Crippen LogP contribution in [0.3, 0.4) is 0 Å². The van der Waals surface area contributed by atoms with Crippen LogP contribution in [0.1, 0.15) is 54.9 Å². The van der Waals surface area contributed by atoms with Crippen molar-refractivity contribution in [3.05, 3.63) is 70.8 Å². The van der Waals surface area contributed by atoms with Crippen LogP contribution in [0.4, 0.5) is 0 Å². The number of benzene rings is 2. The van der Waals surface area contributed by atoms with Crippen LogP contribution in [0.25, 0.3) is 0 Å². The second-order valence-corrected chi connectivity index (χ2v) is 9.64. The van der Waals surface area contributed by atoms with Crippen molar-refractivity contribution in [1.82, 2.24) is 10.2 Å². The highest BCUT2D eigenvalue weighted by atomic mass is 32.2. The first kappa shape index (κ1) is 23.4. The molecule has 0 spiro atoms. The first-order valence-electron chi connectivity index (χ1n) is 11.2. The fourth-order valence-electron chi connectivity index (χ4n) is 3.89. The van der Waals surface area contributed by atoms with Gasteiger partial charge in [0.15, 0.2) is 0 Å². The normalized spacial score (nSPS) is 14.9. The van der Waals surface area contributed by atoms with E-state index in [1.54, 1.807) is 16.7 Å². The van der Waals surface area contributed by atoms with Gasteiger partial charge in [-0.1, -0.05) is 72.5 Å². The fourth-order valence-corrected chi connectivity index (χ4v) is 4.76. The molecule has 1 saturated carbocycles. The first-order valence-corrected chi connectivity index (χ1v) is 12.4. The summed E-state index contributed by atoms with van der Waals surface area (Å²) < 4.78 is 0. The van der Waals surface area contributed by atoms with Gasteiger partial charge in [-0.2, -0.15) is 0 Å². The van der Waals surface area contributed by atoms with Crippen LogP contribution in [0.2, 0.25) is 0 Å². The van der Waals surface area contributed by atoms with E-state index in [0.717, 1.165) is 24.2 Å². The van der Waals surface area contributed by atoms with E-state index in [1.807, 2.05) is 38.1 Å². The minimum atomic E-state index is -0.491. The number of thioether (sulfide) groups is 1. The maximum absolute atomic E-state index is 13.2. The summed E-state index contributed by atoms with van der Waals surface area (Å²) in [4.78, 5) is 27.8. The Morgan fingerprint density at radius 2 is 1.52 bits per heavy atom. The van der Waals surface area contributed by atoms with Crippen LogP contribution in [-0.4, -0.2) is 34.6 Å². The third-order valence-corrected chi connectivity index (χ3v) is 6.95. The highest BCUT2D eigenvalue weighted by Gasteiger charge is 2.28. The molecule has 0 aromatic heterocycles. The number of carbonyl (C=O) groups is 2. The SMILES string of the molecule is Cc1ccc(CSCC(=O)N(Cc2ccc(C)cc2)[C@H](C)C(=O)NC2CCCC2)cc1. The molecule has 1 aliphatic carbocycles. The molecule has 1 atom stereocenters. The highest BCUT2D eigenvalue weighted by Crippen LogP contribution is 2.20. The molecular formula is C26H34N2O2S. The van der Waals surface area contributed by atoms with E-state index in [1.165, 1.54) is 29.5 Å². The van der Waals surface area contributed by atoms with Gasteiger partial charge >= 0.3 is 0 Å². The molecule has 2 aromatic rings. The van der Waals surface area contributed by atoms with Crippen molar-refractivity contribution in [2.45, 2.75) is 70.8 Å². The van der Waals surface area contributed by atoms with Crippen LogP contribution in [0.15, 0.2) is 48.5 Å². The molecule has 0 heterocycles. The number of aryl methyl sites for hydroxylation is 2. The number of nitrogens with zero attached hydrogens (tertiary/aromatic N) is 1. The predicted octanol–water partition coefficient (Wildman–Crippen LogP) is 5.01. The summed E-state index contributed by atoms with van der Waals surface area (Å²) in [6.07, 6.45) is 4.41. The van der Waals surface area contributed by atoms with E-state index in [4.69, 9.17) is 0 Å². The molecule has 0 aliphatic heterocycles. The van der Waals surface area contributed by atoms with E-state index < -0.39 is 6.04 Å². The fraction of sp³-hybridized carbons (Fsp3) is 0.462. The molecule has 5 heteroatoms. The third kappa shape index (κ3) is 7.13. The van der Waals surface area contributed by atoms with Crippen LogP contribution in [0, 0.1) is 13.8 Å². The van der Waals surface area contributed by atoms with E-state index in [9.17, 15) is 9.59 Å². The maximum Gasteiger partial charge on any atom is 0.242 e. The van der Waals surface area contributed by atoms with E-state index >= 15 is 0 Å². The zero-order chi connectivity index (χ0) is 22.2. The second kappa shape index (κ2) is 11.4. The van der Waals surface area contributed by atoms with E-state index in [-0.39, 0.29) is 17.9 Å². The zero-order valence-electron chi connectivity index (χ0n) is 18.9. The molecule has 0 saturated heterocycles.